The van der Waals surface area contributed by atoms with Crippen molar-refractivity contribution < 1.29 is 19.1 Å². The summed E-state index contributed by atoms with van der Waals surface area (Å²) in [5, 5.41) is 6.02. The molecule has 2 aliphatic heterocycles. The van der Waals surface area contributed by atoms with Gasteiger partial charge in [0.2, 0.25) is 5.91 Å². The molecule has 0 saturated heterocycles. The summed E-state index contributed by atoms with van der Waals surface area (Å²) < 4.78 is 6.14. The Kier molecular flexibility index (Phi) is 7.49. The Morgan fingerprint density at radius 2 is 1.89 bits per heavy atom. The molecular weight excluding hydrogens is 480 g/mol. The predicted molar refractivity (Wildman–Crippen MR) is 145 cm³/mol. The van der Waals surface area contributed by atoms with Gasteiger partial charge in [0, 0.05) is 36.7 Å². The maximum absolute atomic E-state index is 13.1. The van der Waals surface area contributed by atoms with Crippen LogP contribution in [-0.4, -0.2) is 41.9 Å². The Hall–Kier alpha value is -4.46. The molecule has 0 aromatic heterocycles. The summed E-state index contributed by atoms with van der Waals surface area (Å²) in [6.07, 6.45) is 1.96. The van der Waals surface area contributed by atoms with E-state index in [-0.39, 0.29) is 31.2 Å². The van der Waals surface area contributed by atoms with E-state index in [0.29, 0.717) is 24.5 Å². The molecule has 0 spiro atoms. The van der Waals surface area contributed by atoms with E-state index in [1.807, 2.05) is 30.3 Å². The number of amides is 2. The van der Waals surface area contributed by atoms with Crippen LogP contribution in [0.5, 0.6) is 5.75 Å². The summed E-state index contributed by atoms with van der Waals surface area (Å²) >= 11 is 0. The lowest BCUT2D eigenvalue weighted by Crippen LogP contribution is -2.46. The minimum Gasteiger partial charge on any atom is -0.489 e. The van der Waals surface area contributed by atoms with Crippen molar-refractivity contribution in [1.29, 1.82) is 0 Å². The largest absolute Gasteiger partial charge is 0.489 e. The van der Waals surface area contributed by atoms with E-state index in [1.165, 1.54) is 17.5 Å². The highest BCUT2D eigenvalue weighted by molar-refractivity contribution is 6.02. The molecule has 1 atom stereocenters. The lowest BCUT2D eigenvalue weighted by Gasteiger charge is -2.25. The zero-order chi connectivity index (χ0) is 26.5. The van der Waals surface area contributed by atoms with Gasteiger partial charge < -0.3 is 25.1 Å². The van der Waals surface area contributed by atoms with Gasteiger partial charge in [-0.1, -0.05) is 48.5 Å². The summed E-state index contributed by atoms with van der Waals surface area (Å²) in [7, 11) is 1.53. The molecule has 2 heterocycles. The van der Waals surface area contributed by atoms with Gasteiger partial charge in [-0.3, -0.25) is 14.6 Å². The van der Waals surface area contributed by atoms with Gasteiger partial charge in [0.25, 0.3) is 5.91 Å². The third-order valence-electron chi connectivity index (χ3n) is 6.96. The number of carbonyl (C=O) groups is 3. The van der Waals surface area contributed by atoms with Gasteiger partial charge >= 0.3 is 0 Å². The minimum absolute atomic E-state index is 0.203. The van der Waals surface area contributed by atoms with Crippen LogP contribution in [0.4, 0.5) is 5.69 Å². The van der Waals surface area contributed by atoms with Crippen LogP contribution < -0.4 is 15.4 Å². The maximum atomic E-state index is 13.1. The topological polar surface area (TPSA) is 100 Å². The third kappa shape index (κ3) is 5.29. The Morgan fingerprint density at radius 3 is 2.68 bits per heavy atom. The van der Waals surface area contributed by atoms with Crippen LogP contribution in [0.1, 0.15) is 45.5 Å². The highest BCUT2D eigenvalue weighted by atomic mass is 16.5. The van der Waals surface area contributed by atoms with Gasteiger partial charge in [0.1, 0.15) is 30.5 Å². The fourth-order valence-corrected chi connectivity index (χ4v) is 4.90. The number of nitrogens with one attached hydrogen (secondary N) is 2. The van der Waals surface area contributed by atoms with Crippen LogP contribution in [0, 0.1) is 0 Å². The second kappa shape index (κ2) is 11.3. The number of aliphatic imine (C=N–C) groups is 1. The van der Waals surface area contributed by atoms with E-state index in [2.05, 4.69) is 39.9 Å². The molecular formula is C30H30N4O4. The standard InChI is InChI=1S/C30H30N4O4/c1-31-29(36)26(9-5-15-35)34-18-24-23(30(34)37)7-4-10-27(24)38-19-21-13-11-20(12-14-21)16-28-32-17-22-6-2-3-8-25(22)33-28/h2-4,6-8,10-15,26H,5,9,16-19H2,1H3,(H,31,36)(H,32,33). The molecule has 0 radical (unpaired) electrons. The summed E-state index contributed by atoms with van der Waals surface area (Å²) in [5.74, 6) is 1.06. The molecule has 8 heteroatoms. The van der Waals surface area contributed by atoms with Crippen LogP contribution in [-0.2, 0) is 35.7 Å². The van der Waals surface area contributed by atoms with Crippen LogP contribution in [0.25, 0.3) is 0 Å². The highest BCUT2D eigenvalue weighted by Gasteiger charge is 2.37. The number of likely N-dealkylation sites (N-methyl/N-ethyl adjacent to an activating group) is 1. The number of rotatable bonds is 10. The van der Waals surface area contributed by atoms with Crippen molar-refractivity contribution in [3.63, 3.8) is 0 Å². The first-order chi connectivity index (χ1) is 18.6. The van der Waals surface area contributed by atoms with Crippen molar-refractivity contribution in [2.75, 3.05) is 12.4 Å². The van der Waals surface area contributed by atoms with Gasteiger partial charge in [-0.2, -0.15) is 0 Å². The number of para-hydroxylation sites is 1. The fourth-order valence-electron chi connectivity index (χ4n) is 4.90. The second-order valence-corrected chi connectivity index (χ2v) is 9.42. The Labute approximate surface area is 221 Å². The lowest BCUT2D eigenvalue weighted by molar-refractivity contribution is -0.125. The quantitative estimate of drug-likeness (QED) is 0.403. The second-order valence-electron chi connectivity index (χ2n) is 9.42. The minimum atomic E-state index is -0.706. The molecule has 8 nitrogen and oxygen atoms in total. The first-order valence-corrected chi connectivity index (χ1v) is 12.7. The number of nitrogens with zero attached hydrogens (tertiary/aromatic N) is 2. The predicted octanol–water partition coefficient (Wildman–Crippen LogP) is 3.88. The molecule has 0 aliphatic carbocycles. The van der Waals surface area contributed by atoms with Crippen LogP contribution in [0.3, 0.4) is 0 Å². The average molecular weight is 511 g/mol. The number of hydrogen-bond donors (Lipinski definition) is 2. The number of fused-ring (bicyclic) bond motifs is 2. The Balaban J connectivity index is 1.22. The molecule has 1 unspecified atom stereocenters. The first kappa shape index (κ1) is 25.2. The van der Waals surface area contributed by atoms with Crippen molar-refractivity contribution >= 4 is 29.6 Å². The van der Waals surface area contributed by atoms with E-state index >= 15 is 0 Å². The monoisotopic (exact) mass is 510 g/mol. The van der Waals surface area contributed by atoms with Gasteiger partial charge in [-0.25, -0.2) is 0 Å². The van der Waals surface area contributed by atoms with Crippen LogP contribution in [0.15, 0.2) is 71.7 Å². The van der Waals surface area contributed by atoms with Crippen molar-refractivity contribution in [3.05, 3.63) is 94.5 Å². The number of amidine groups is 1. The van der Waals surface area contributed by atoms with Gasteiger partial charge in [-0.05, 0) is 41.3 Å². The summed E-state index contributed by atoms with van der Waals surface area (Å²) in [6, 6.07) is 21.1. The SMILES string of the molecule is CNC(=O)C(CCC=O)N1Cc2c(OCc3ccc(CC4=NCc5ccccc5N4)cc3)cccc2C1=O. The van der Waals surface area contributed by atoms with Crippen molar-refractivity contribution in [1.82, 2.24) is 10.2 Å². The van der Waals surface area contributed by atoms with Crippen LogP contribution in [0.2, 0.25) is 0 Å². The number of ether oxygens (including phenoxy) is 1. The normalized spacial score (nSPS) is 14.6. The molecule has 0 saturated carbocycles. The van der Waals surface area contributed by atoms with E-state index in [1.54, 1.807) is 12.1 Å². The summed E-state index contributed by atoms with van der Waals surface area (Å²) in [6.45, 7) is 1.30. The van der Waals surface area contributed by atoms with E-state index in [4.69, 9.17) is 4.74 Å². The molecule has 3 aromatic carbocycles. The molecule has 0 bridgehead atoms. The molecule has 2 amide bonds. The highest BCUT2D eigenvalue weighted by Crippen LogP contribution is 2.33. The van der Waals surface area contributed by atoms with Crippen LogP contribution >= 0.6 is 0 Å². The zero-order valence-corrected chi connectivity index (χ0v) is 21.3. The molecule has 0 fully saturated rings. The number of carbonyl (C=O) groups excluding carboxylic acids is 3. The number of benzene rings is 3. The molecule has 5 rings (SSSR count). The molecule has 2 aliphatic rings. The lowest BCUT2D eigenvalue weighted by atomic mass is 10.1. The number of anilines is 1. The first-order valence-electron chi connectivity index (χ1n) is 12.7. The third-order valence-corrected chi connectivity index (χ3v) is 6.96. The molecule has 2 N–H and O–H groups in total. The Bertz CT molecular complexity index is 1380. The van der Waals surface area contributed by atoms with Gasteiger partial charge in [0.05, 0.1) is 13.1 Å². The van der Waals surface area contributed by atoms with Crippen molar-refractivity contribution in [2.24, 2.45) is 4.99 Å². The molecule has 3 aromatic rings. The number of hydrogen-bond acceptors (Lipinski definition) is 6. The fraction of sp³-hybridized carbons (Fsp3) is 0.267. The number of aldehydes is 1. The van der Waals surface area contributed by atoms with Gasteiger partial charge in [-0.15, -0.1) is 0 Å². The Morgan fingerprint density at radius 1 is 1.11 bits per heavy atom. The van der Waals surface area contributed by atoms with E-state index in [0.717, 1.165) is 40.9 Å². The summed E-state index contributed by atoms with van der Waals surface area (Å²) in [5.41, 5.74) is 5.75. The smallest absolute Gasteiger partial charge is 0.255 e. The average Bonchev–Trinajstić information content (AvgIpc) is 3.29. The van der Waals surface area contributed by atoms with Gasteiger partial charge in [0.15, 0.2) is 0 Å². The van der Waals surface area contributed by atoms with Crippen molar-refractivity contribution in [2.45, 2.75) is 45.0 Å². The maximum Gasteiger partial charge on any atom is 0.255 e. The molecule has 194 valence electrons. The summed E-state index contributed by atoms with van der Waals surface area (Å²) in [4.78, 5) is 42.6. The van der Waals surface area contributed by atoms with Crippen molar-refractivity contribution in [3.8, 4) is 5.75 Å². The van der Waals surface area contributed by atoms with E-state index < -0.39 is 6.04 Å². The van der Waals surface area contributed by atoms with E-state index in [9.17, 15) is 14.4 Å². The molecule has 38 heavy (non-hydrogen) atoms. The zero-order valence-electron chi connectivity index (χ0n) is 21.3.